The van der Waals surface area contributed by atoms with Crippen LogP contribution in [0, 0.1) is 17.8 Å². The monoisotopic (exact) mass is 573 g/mol. The van der Waals surface area contributed by atoms with E-state index in [0.29, 0.717) is 49.3 Å². The van der Waals surface area contributed by atoms with Gasteiger partial charge >= 0.3 is 12.1 Å². The fourth-order valence-electron chi connectivity index (χ4n) is 8.26. The lowest BCUT2D eigenvalue weighted by molar-refractivity contribution is -0.153. The SMILES string of the molecule is CC(C)[Si](OCC[C@@H]1[C@@H]2COC(=O)C[C@@H]2C[C@@]12CO[C@H](c1ccccc1)N2C(=O)OC(C)(C)C)(C(C)C)C(C)C. The summed E-state index contributed by atoms with van der Waals surface area (Å²) in [4.78, 5) is 28.3. The van der Waals surface area contributed by atoms with Crippen LogP contribution >= 0.6 is 0 Å². The first kappa shape index (κ1) is 31.0. The van der Waals surface area contributed by atoms with Crippen LogP contribution in [0.5, 0.6) is 0 Å². The average molecular weight is 574 g/mol. The molecule has 2 heterocycles. The van der Waals surface area contributed by atoms with E-state index in [1.165, 1.54) is 0 Å². The second kappa shape index (κ2) is 11.8. The number of fused-ring (bicyclic) bond motifs is 1. The topological polar surface area (TPSA) is 74.3 Å². The molecule has 1 amide bonds. The van der Waals surface area contributed by atoms with Crippen molar-refractivity contribution in [1.82, 2.24) is 4.90 Å². The molecule has 1 aromatic rings. The first-order valence-electron chi connectivity index (χ1n) is 15.2. The molecule has 0 bridgehead atoms. The lowest BCUT2D eigenvalue weighted by atomic mass is 9.79. The number of amides is 1. The van der Waals surface area contributed by atoms with Gasteiger partial charge in [-0.15, -0.1) is 0 Å². The Kier molecular flexibility index (Phi) is 9.13. The van der Waals surface area contributed by atoms with Crippen LogP contribution in [0.3, 0.4) is 0 Å². The van der Waals surface area contributed by atoms with Crippen LogP contribution in [0.25, 0.3) is 0 Å². The van der Waals surface area contributed by atoms with E-state index in [-0.39, 0.29) is 29.8 Å². The van der Waals surface area contributed by atoms with Crippen molar-refractivity contribution in [3.63, 3.8) is 0 Å². The zero-order valence-electron chi connectivity index (χ0n) is 26.1. The van der Waals surface area contributed by atoms with Crippen LogP contribution < -0.4 is 0 Å². The third-order valence-electron chi connectivity index (χ3n) is 9.66. The van der Waals surface area contributed by atoms with E-state index in [1.807, 2.05) is 56.0 Å². The molecule has 40 heavy (non-hydrogen) atoms. The van der Waals surface area contributed by atoms with Crippen molar-refractivity contribution in [2.24, 2.45) is 17.8 Å². The lowest BCUT2D eigenvalue weighted by Crippen LogP contribution is -2.55. The predicted molar refractivity (Wildman–Crippen MR) is 158 cm³/mol. The number of nitrogens with zero attached hydrogens (tertiary/aromatic N) is 1. The summed E-state index contributed by atoms with van der Waals surface area (Å²) in [7, 11) is -2.06. The minimum absolute atomic E-state index is 0.0602. The molecule has 0 N–H and O–H groups in total. The molecule has 0 aromatic heterocycles. The molecule has 3 aliphatic rings. The molecule has 1 saturated carbocycles. The van der Waals surface area contributed by atoms with Gasteiger partial charge in [-0.2, -0.15) is 0 Å². The highest BCUT2D eigenvalue weighted by Crippen LogP contribution is 2.57. The molecule has 2 saturated heterocycles. The Hall–Kier alpha value is -1.90. The van der Waals surface area contributed by atoms with Gasteiger partial charge in [0.1, 0.15) is 5.60 Å². The Morgan fingerprint density at radius 3 is 2.27 bits per heavy atom. The van der Waals surface area contributed by atoms with Gasteiger partial charge in [0, 0.05) is 24.5 Å². The molecular formula is C32H51NO6Si. The zero-order chi connectivity index (χ0) is 29.5. The quantitative estimate of drug-likeness (QED) is 0.237. The van der Waals surface area contributed by atoms with E-state index < -0.39 is 25.7 Å². The first-order valence-corrected chi connectivity index (χ1v) is 17.4. The zero-order valence-corrected chi connectivity index (χ0v) is 27.1. The van der Waals surface area contributed by atoms with E-state index in [1.54, 1.807) is 0 Å². The number of hydrogen-bond donors (Lipinski definition) is 0. The molecule has 8 heteroatoms. The maximum atomic E-state index is 14.0. The molecule has 1 spiro atoms. The van der Waals surface area contributed by atoms with Gasteiger partial charge in [-0.1, -0.05) is 71.9 Å². The number of rotatable bonds is 8. The first-order chi connectivity index (χ1) is 18.7. The summed E-state index contributed by atoms with van der Waals surface area (Å²) in [6.07, 6.45) is 0.938. The fourth-order valence-corrected chi connectivity index (χ4v) is 13.7. The standard InChI is InChI=1S/C32H51NO6Si/c1-21(2)40(22(3)4,23(5)6)38-16-15-27-26-19-36-28(34)17-25(26)18-32(27)20-37-29(24-13-11-10-12-14-24)33(32)30(35)39-31(7,8)9/h10-14,21-23,25-27,29H,15-20H2,1-9H3/t25-,26-,27-,29-,32-/m1/s1. The van der Waals surface area contributed by atoms with Crippen LogP contribution in [0.15, 0.2) is 30.3 Å². The maximum absolute atomic E-state index is 14.0. The third-order valence-corrected chi connectivity index (χ3v) is 15.8. The number of hydrogen-bond acceptors (Lipinski definition) is 6. The summed E-state index contributed by atoms with van der Waals surface area (Å²) in [6, 6.07) is 9.91. The maximum Gasteiger partial charge on any atom is 0.413 e. The minimum Gasteiger partial charge on any atom is -0.465 e. The summed E-state index contributed by atoms with van der Waals surface area (Å²) in [5.74, 6) is 0.195. The summed E-state index contributed by atoms with van der Waals surface area (Å²) in [5.41, 5.74) is 1.14. The molecule has 7 nitrogen and oxygen atoms in total. The van der Waals surface area contributed by atoms with Crippen molar-refractivity contribution in [2.45, 2.75) is 116 Å². The summed E-state index contributed by atoms with van der Waals surface area (Å²) < 4.78 is 25.2. The van der Waals surface area contributed by atoms with Crippen LogP contribution in [0.1, 0.15) is 93.4 Å². The van der Waals surface area contributed by atoms with Gasteiger partial charge in [-0.05, 0) is 62.1 Å². The number of esters is 1. The van der Waals surface area contributed by atoms with Crippen molar-refractivity contribution < 1.29 is 28.2 Å². The highest BCUT2D eigenvalue weighted by Gasteiger charge is 2.64. The molecular weight excluding hydrogens is 522 g/mol. The predicted octanol–water partition coefficient (Wildman–Crippen LogP) is 7.47. The molecule has 4 rings (SSSR count). The Morgan fingerprint density at radius 2 is 1.70 bits per heavy atom. The largest absolute Gasteiger partial charge is 0.465 e. The van der Waals surface area contributed by atoms with E-state index in [4.69, 9.17) is 18.6 Å². The van der Waals surface area contributed by atoms with E-state index >= 15 is 0 Å². The van der Waals surface area contributed by atoms with Crippen molar-refractivity contribution >= 4 is 20.4 Å². The molecule has 5 atom stereocenters. The highest BCUT2D eigenvalue weighted by atomic mass is 28.4. The van der Waals surface area contributed by atoms with Crippen molar-refractivity contribution in [3.8, 4) is 0 Å². The second-order valence-corrected chi connectivity index (χ2v) is 19.6. The van der Waals surface area contributed by atoms with Gasteiger partial charge in [-0.3, -0.25) is 9.69 Å². The molecule has 224 valence electrons. The van der Waals surface area contributed by atoms with Crippen LogP contribution in [-0.2, 0) is 23.4 Å². The van der Waals surface area contributed by atoms with Gasteiger partial charge in [0.05, 0.1) is 18.8 Å². The smallest absolute Gasteiger partial charge is 0.413 e. The normalized spacial score (nSPS) is 29.0. The Bertz CT molecular complexity index is 1020. The summed E-state index contributed by atoms with van der Waals surface area (Å²) in [5, 5.41) is 0. The minimum atomic E-state index is -2.06. The van der Waals surface area contributed by atoms with E-state index in [2.05, 4.69) is 41.5 Å². The van der Waals surface area contributed by atoms with E-state index in [9.17, 15) is 9.59 Å². The Balaban J connectivity index is 1.71. The molecule has 0 radical (unpaired) electrons. The number of carbonyl (C=O) groups is 2. The number of ether oxygens (including phenoxy) is 3. The molecule has 0 unspecified atom stereocenters. The molecule has 1 aliphatic carbocycles. The summed E-state index contributed by atoms with van der Waals surface area (Å²) in [6.45, 7) is 20.9. The summed E-state index contributed by atoms with van der Waals surface area (Å²) >= 11 is 0. The number of cyclic esters (lactones) is 1. The van der Waals surface area contributed by atoms with Crippen LogP contribution in [0.2, 0.25) is 16.6 Å². The second-order valence-electron chi connectivity index (χ2n) is 14.1. The fraction of sp³-hybridized carbons (Fsp3) is 0.750. The van der Waals surface area contributed by atoms with Gasteiger partial charge in [-0.25, -0.2) is 4.79 Å². The molecule has 3 fully saturated rings. The molecule has 2 aliphatic heterocycles. The van der Waals surface area contributed by atoms with Gasteiger partial charge in [0.2, 0.25) is 0 Å². The number of carbonyl (C=O) groups excluding carboxylic acids is 2. The van der Waals surface area contributed by atoms with Gasteiger partial charge in [0.15, 0.2) is 14.5 Å². The third kappa shape index (κ3) is 5.73. The van der Waals surface area contributed by atoms with Crippen molar-refractivity contribution in [3.05, 3.63) is 35.9 Å². The Labute approximate surface area is 242 Å². The highest BCUT2D eigenvalue weighted by molar-refractivity contribution is 6.77. The van der Waals surface area contributed by atoms with Gasteiger partial charge < -0.3 is 18.6 Å². The number of benzene rings is 1. The van der Waals surface area contributed by atoms with E-state index in [0.717, 1.165) is 12.0 Å². The Morgan fingerprint density at radius 1 is 1.07 bits per heavy atom. The van der Waals surface area contributed by atoms with Gasteiger partial charge in [0.25, 0.3) is 0 Å². The van der Waals surface area contributed by atoms with Crippen molar-refractivity contribution in [1.29, 1.82) is 0 Å². The van der Waals surface area contributed by atoms with Crippen LogP contribution in [0.4, 0.5) is 4.79 Å². The average Bonchev–Trinajstić information content (AvgIpc) is 3.38. The van der Waals surface area contributed by atoms with Crippen molar-refractivity contribution in [2.75, 3.05) is 19.8 Å². The molecule has 1 aromatic carbocycles. The lowest BCUT2D eigenvalue weighted by Gasteiger charge is -2.44. The van der Waals surface area contributed by atoms with Crippen LogP contribution in [-0.4, -0.2) is 56.2 Å².